The van der Waals surface area contributed by atoms with Gasteiger partial charge in [0.05, 0.1) is 22.7 Å². The summed E-state index contributed by atoms with van der Waals surface area (Å²) in [6, 6.07) is 15.3. The van der Waals surface area contributed by atoms with Gasteiger partial charge in [-0.3, -0.25) is 18.6 Å². The third-order valence-electron chi connectivity index (χ3n) is 4.62. The Morgan fingerprint density at radius 3 is 2.57 bits per heavy atom. The smallest absolute Gasteiger partial charge is 0.263 e. The molecule has 0 aliphatic heterocycles. The van der Waals surface area contributed by atoms with Crippen LogP contribution in [0.1, 0.15) is 18.1 Å². The molecule has 1 atom stereocenters. The molecule has 2 aromatic heterocycles. The van der Waals surface area contributed by atoms with Crippen molar-refractivity contribution in [2.75, 3.05) is 0 Å². The van der Waals surface area contributed by atoms with Crippen molar-refractivity contribution < 1.29 is 4.79 Å². The van der Waals surface area contributed by atoms with Crippen molar-refractivity contribution in [2.45, 2.75) is 30.8 Å². The number of nitrogens with two attached hydrogens (primary N) is 1. The quantitative estimate of drug-likeness (QED) is 0.525. The zero-order chi connectivity index (χ0) is 19.8. The summed E-state index contributed by atoms with van der Waals surface area (Å²) in [5, 5.41) is 9.11. The molecule has 2 heterocycles. The highest BCUT2D eigenvalue weighted by Crippen LogP contribution is 2.25. The number of thioether (sulfide) groups is 1. The van der Waals surface area contributed by atoms with Crippen LogP contribution in [0.2, 0.25) is 0 Å². The lowest BCUT2D eigenvalue weighted by atomic mass is 10.1. The van der Waals surface area contributed by atoms with Crippen LogP contribution in [-0.2, 0) is 11.3 Å². The summed E-state index contributed by atoms with van der Waals surface area (Å²) in [5.41, 5.74) is 8.12. The number of rotatable bonds is 5. The third kappa shape index (κ3) is 3.16. The lowest BCUT2D eigenvalue weighted by Gasteiger charge is -2.12. The van der Waals surface area contributed by atoms with E-state index >= 15 is 0 Å². The van der Waals surface area contributed by atoms with Gasteiger partial charge in [-0.1, -0.05) is 53.7 Å². The maximum atomic E-state index is 13.2. The number of fused-ring (bicyclic) bond motifs is 3. The molecule has 2 N–H and O–H groups in total. The van der Waals surface area contributed by atoms with E-state index in [2.05, 4.69) is 10.2 Å². The first-order valence-electron chi connectivity index (χ1n) is 8.84. The van der Waals surface area contributed by atoms with E-state index in [1.165, 1.54) is 11.8 Å². The van der Waals surface area contributed by atoms with E-state index < -0.39 is 11.2 Å². The van der Waals surface area contributed by atoms with Gasteiger partial charge < -0.3 is 5.73 Å². The summed E-state index contributed by atoms with van der Waals surface area (Å²) >= 11 is 1.22. The molecule has 8 heteroatoms. The van der Waals surface area contributed by atoms with Crippen molar-refractivity contribution in [3.8, 4) is 0 Å². The molecule has 0 aliphatic carbocycles. The van der Waals surface area contributed by atoms with E-state index in [9.17, 15) is 9.59 Å². The van der Waals surface area contributed by atoms with E-state index in [0.29, 0.717) is 28.4 Å². The fourth-order valence-corrected chi connectivity index (χ4v) is 3.85. The minimum Gasteiger partial charge on any atom is -0.369 e. The van der Waals surface area contributed by atoms with Gasteiger partial charge in [0.1, 0.15) is 0 Å². The second kappa shape index (κ2) is 7.12. The first-order chi connectivity index (χ1) is 13.5. The molecule has 7 nitrogen and oxygen atoms in total. The van der Waals surface area contributed by atoms with Gasteiger partial charge in [-0.2, -0.15) is 0 Å². The maximum Gasteiger partial charge on any atom is 0.263 e. The molecule has 0 saturated heterocycles. The van der Waals surface area contributed by atoms with Gasteiger partial charge in [0, 0.05) is 0 Å². The highest BCUT2D eigenvalue weighted by atomic mass is 32.2. The summed E-state index contributed by atoms with van der Waals surface area (Å²) in [6.07, 6.45) is 0. The Balaban J connectivity index is 1.95. The standard InChI is InChI=1S/C20H19N5O2S/c1-12-7-9-14(10-8-12)11-24-18(27)15-5-3-4-6-16(15)25-19(24)22-23-20(25)28-13(2)17(21)26/h3-10,13H,11H2,1-2H3,(H2,21,26). The number of amides is 1. The van der Waals surface area contributed by atoms with Gasteiger partial charge in [-0.05, 0) is 31.5 Å². The minimum absolute atomic E-state index is 0.129. The molecule has 0 fully saturated rings. The third-order valence-corrected chi connectivity index (χ3v) is 5.68. The Bertz CT molecular complexity index is 1240. The number of para-hydroxylation sites is 1. The molecule has 0 bridgehead atoms. The molecule has 1 amide bonds. The number of hydrogen-bond donors (Lipinski definition) is 1. The zero-order valence-electron chi connectivity index (χ0n) is 15.5. The van der Waals surface area contributed by atoms with Crippen molar-refractivity contribution in [1.82, 2.24) is 19.2 Å². The molecule has 0 spiro atoms. The first-order valence-corrected chi connectivity index (χ1v) is 9.72. The molecule has 0 aliphatic rings. The van der Waals surface area contributed by atoms with Crippen LogP contribution in [0.4, 0.5) is 0 Å². The van der Waals surface area contributed by atoms with Crippen LogP contribution >= 0.6 is 11.8 Å². The van der Waals surface area contributed by atoms with Gasteiger partial charge in [0.25, 0.3) is 5.56 Å². The summed E-state index contributed by atoms with van der Waals surface area (Å²) in [5.74, 6) is 0.00229. The van der Waals surface area contributed by atoms with E-state index in [0.717, 1.165) is 11.1 Å². The largest absolute Gasteiger partial charge is 0.369 e. The van der Waals surface area contributed by atoms with E-state index in [4.69, 9.17) is 5.73 Å². The van der Waals surface area contributed by atoms with Crippen LogP contribution in [-0.4, -0.2) is 30.3 Å². The van der Waals surface area contributed by atoms with Crippen molar-refractivity contribution in [2.24, 2.45) is 5.73 Å². The molecule has 28 heavy (non-hydrogen) atoms. The van der Waals surface area contributed by atoms with Gasteiger partial charge >= 0.3 is 0 Å². The lowest BCUT2D eigenvalue weighted by molar-refractivity contribution is -0.117. The van der Waals surface area contributed by atoms with Crippen LogP contribution < -0.4 is 11.3 Å². The summed E-state index contributed by atoms with van der Waals surface area (Å²) in [4.78, 5) is 24.7. The maximum absolute atomic E-state index is 13.2. The fourth-order valence-electron chi connectivity index (χ4n) is 3.04. The number of aromatic nitrogens is 4. The van der Waals surface area contributed by atoms with Gasteiger partial charge in [0.2, 0.25) is 11.7 Å². The second-order valence-corrected chi connectivity index (χ2v) is 7.98. The minimum atomic E-state index is -0.469. The Morgan fingerprint density at radius 2 is 1.86 bits per heavy atom. The Morgan fingerprint density at radius 1 is 1.14 bits per heavy atom. The predicted molar refractivity (Wildman–Crippen MR) is 110 cm³/mol. The molecule has 4 aromatic rings. The zero-order valence-corrected chi connectivity index (χ0v) is 16.3. The average Bonchev–Trinajstić information content (AvgIpc) is 3.10. The SMILES string of the molecule is Cc1ccc(Cn2c(=O)c3ccccc3n3c(SC(C)C(N)=O)nnc23)cc1. The number of hydrogen-bond acceptors (Lipinski definition) is 5. The first kappa shape index (κ1) is 18.2. The van der Waals surface area contributed by atoms with Crippen LogP contribution in [0.3, 0.4) is 0 Å². The molecular formula is C20H19N5O2S. The highest BCUT2D eigenvalue weighted by Gasteiger charge is 2.20. The number of primary amides is 1. The molecular weight excluding hydrogens is 374 g/mol. The Labute approximate surface area is 165 Å². The topological polar surface area (TPSA) is 95.3 Å². The number of carbonyl (C=O) groups is 1. The van der Waals surface area contributed by atoms with E-state index in [1.54, 1.807) is 17.6 Å². The second-order valence-electron chi connectivity index (χ2n) is 6.67. The van der Waals surface area contributed by atoms with Crippen LogP contribution in [0.25, 0.3) is 16.7 Å². The molecule has 2 aromatic carbocycles. The lowest BCUT2D eigenvalue weighted by Crippen LogP contribution is -2.24. The molecule has 0 saturated carbocycles. The number of aryl methyl sites for hydroxylation is 1. The highest BCUT2D eigenvalue weighted by molar-refractivity contribution is 8.00. The van der Waals surface area contributed by atoms with Gasteiger partial charge in [-0.15, -0.1) is 10.2 Å². The van der Waals surface area contributed by atoms with Crippen molar-refractivity contribution >= 4 is 34.3 Å². The molecule has 1 unspecified atom stereocenters. The van der Waals surface area contributed by atoms with Gasteiger partial charge in [0.15, 0.2) is 5.16 Å². The van der Waals surface area contributed by atoms with E-state index in [1.807, 2.05) is 53.8 Å². The normalized spacial score (nSPS) is 12.5. The summed E-state index contributed by atoms with van der Waals surface area (Å²) in [7, 11) is 0. The summed E-state index contributed by atoms with van der Waals surface area (Å²) in [6.45, 7) is 4.12. The van der Waals surface area contributed by atoms with Crippen molar-refractivity contribution in [3.05, 3.63) is 70.0 Å². The molecule has 4 rings (SSSR count). The van der Waals surface area contributed by atoms with Crippen molar-refractivity contribution in [3.63, 3.8) is 0 Å². The molecule has 142 valence electrons. The summed E-state index contributed by atoms with van der Waals surface area (Å²) < 4.78 is 3.42. The number of carbonyl (C=O) groups excluding carboxylic acids is 1. The van der Waals surface area contributed by atoms with Crippen LogP contribution in [0.15, 0.2) is 58.5 Å². The number of nitrogens with zero attached hydrogens (tertiary/aromatic N) is 4. The molecule has 0 radical (unpaired) electrons. The Hall–Kier alpha value is -3.13. The Kier molecular flexibility index (Phi) is 4.64. The average molecular weight is 393 g/mol. The predicted octanol–water partition coefficient (Wildman–Crippen LogP) is 2.37. The van der Waals surface area contributed by atoms with Crippen LogP contribution in [0, 0.1) is 6.92 Å². The van der Waals surface area contributed by atoms with E-state index in [-0.39, 0.29) is 5.56 Å². The monoisotopic (exact) mass is 393 g/mol. The fraction of sp³-hybridized carbons (Fsp3) is 0.200. The van der Waals surface area contributed by atoms with Crippen molar-refractivity contribution in [1.29, 1.82) is 0 Å². The van der Waals surface area contributed by atoms with Crippen LogP contribution in [0.5, 0.6) is 0 Å². The number of benzene rings is 2. The van der Waals surface area contributed by atoms with Gasteiger partial charge in [-0.25, -0.2) is 0 Å².